The van der Waals surface area contributed by atoms with E-state index in [9.17, 15) is 4.79 Å². The van der Waals surface area contributed by atoms with Gasteiger partial charge in [0.2, 0.25) is 0 Å². The van der Waals surface area contributed by atoms with Crippen molar-refractivity contribution >= 4 is 11.7 Å². The van der Waals surface area contributed by atoms with Gasteiger partial charge in [-0.2, -0.15) is 0 Å². The summed E-state index contributed by atoms with van der Waals surface area (Å²) in [5.41, 5.74) is 1.53. The summed E-state index contributed by atoms with van der Waals surface area (Å²) in [6.45, 7) is 2.23. The highest BCUT2D eigenvalue weighted by Gasteiger charge is 2.27. The van der Waals surface area contributed by atoms with Gasteiger partial charge in [0.05, 0.1) is 5.56 Å². The van der Waals surface area contributed by atoms with Gasteiger partial charge in [0.25, 0.3) is 0 Å². The highest BCUT2D eigenvalue weighted by atomic mass is 16.4. The molecule has 0 unspecified atom stereocenters. The predicted molar refractivity (Wildman–Crippen MR) is 63.9 cm³/mol. The van der Waals surface area contributed by atoms with E-state index >= 15 is 0 Å². The Hall–Kier alpha value is -1.51. The van der Waals surface area contributed by atoms with Crippen LogP contribution >= 0.6 is 0 Å². The molecule has 0 aromatic heterocycles. The number of nitrogens with one attached hydrogen (secondary N) is 1. The minimum Gasteiger partial charge on any atom is -0.478 e. The van der Waals surface area contributed by atoms with Crippen LogP contribution in [0.4, 0.5) is 5.69 Å². The Morgan fingerprint density at radius 2 is 1.81 bits per heavy atom. The number of carbonyl (C=O) groups is 1. The van der Waals surface area contributed by atoms with Gasteiger partial charge < -0.3 is 10.4 Å². The van der Waals surface area contributed by atoms with Crippen molar-refractivity contribution in [3.05, 3.63) is 29.8 Å². The molecule has 1 aromatic rings. The van der Waals surface area contributed by atoms with Crippen LogP contribution in [0.25, 0.3) is 0 Å². The molecule has 0 radical (unpaired) electrons. The molecule has 2 N–H and O–H groups in total. The SMILES string of the molecule is CC1(Nc2ccc(C(=O)O)cc2)CCCC1. The number of benzene rings is 1. The molecule has 0 bridgehead atoms. The largest absolute Gasteiger partial charge is 0.478 e. The average molecular weight is 219 g/mol. The third-order valence-electron chi connectivity index (χ3n) is 3.29. The highest BCUT2D eigenvalue weighted by Crippen LogP contribution is 2.32. The number of anilines is 1. The summed E-state index contributed by atoms with van der Waals surface area (Å²) < 4.78 is 0. The minimum absolute atomic E-state index is 0.185. The standard InChI is InChI=1S/C13H17NO2/c1-13(8-2-3-9-13)14-11-6-4-10(5-7-11)12(15)16/h4-7,14H,2-3,8-9H2,1H3,(H,15,16). The zero-order valence-electron chi connectivity index (χ0n) is 9.49. The van der Waals surface area contributed by atoms with Gasteiger partial charge in [0, 0.05) is 11.2 Å². The van der Waals surface area contributed by atoms with Crippen LogP contribution in [-0.4, -0.2) is 16.6 Å². The van der Waals surface area contributed by atoms with E-state index < -0.39 is 5.97 Å². The monoisotopic (exact) mass is 219 g/mol. The molecule has 3 nitrogen and oxygen atoms in total. The first kappa shape index (κ1) is 11.0. The van der Waals surface area contributed by atoms with E-state index in [1.54, 1.807) is 12.1 Å². The molecule has 1 saturated carbocycles. The van der Waals surface area contributed by atoms with Crippen LogP contribution in [0.1, 0.15) is 43.0 Å². The Morgan fingerprint density at radius 1 is 1.25 bits per heavy atom. The Morgan fingerprint density at radius 3 is 2.31 bits per heavy atom. The van der Waals surface area contributed by atoms with Crippen molar-refractivity contribution in [1.82, 2.24) is 0 Å². The number of aromatic carboxylic acids is 1. The summed E-state index contributed by atoms with van der Waals surface area (Å²) in [4.78, 5) is 10.7. The molecule has 0 amide bonds. The van der Waals surface area contributed by atoms with E-state index in [0.717, 1.165) is 5.69 Å². The molecule has 16 heavy (non-hydrogen) atoms. The molecular weight excluding hydrogens is 202 g/mol. The normalized spacial score (nSPS) is 18.3. The molecule has 0 atom stereocenters. The lowest BCUT2D eigenvalue weighted by molar-refractivity contribution is 0.0697. The Bertz CT molecular complexity index is 377. The second-order valence-corrected chi connectivity index (χ2v) is 4.78. The van der Waals surface area contributed by atoms with Gasteiger partial charge in [0.15, 0.2) is 0 Å². The first-order valence-electron chi connectivity index (χ1n) is 5.71. The molecule has 1 aromatic carbocycles. The number of rotatable bonds is 3. The smallest absolute Gasteiger partial charge is 0.335 e. The third kappa shape index (κ3) is 2.35. The highest BCUT2D eigenvalue weighted by molar-refractivity contribution is 5.88. The minimum atomic E-state index is -0.876. The van der Waals surface area contributed by atoms with Crippen LogP contribution in [0.15, 0.2) is 24.3 Å². The van der Waals surface area contributed by atoms with Gasteiger partial charge in [-0.1, -0.05) is 12.8 Å². The van der Waals surface area contributed by atoms with E-state index in [1.807, 2.05) is 12.1 Å². The molecular formula is C13H17NO2. The molecule has 86 valence electrons. The lowest BCUT2D eigenvalue weighted by atomic mass is 10.00. The van der Waals surface area contributed by atoms with E-state index in [0.29, 0.717) is 5.56 Å². The predicted octanol–water partition coefficient (Wildman–Crippen LogP) is 3.13. The fourth-order valence-electron chi connectivity index (χ4n) is 2.32. The lowest BCUT2D eigenvalue weighted by Gasteiger charge is -2.26. The first-order chi connectivity index (χ1) is 7.59. The van der Waals surface area contributed by atoms with Gasteiger partial charge in [0.1, 0.15) is 0 Å². The Kier molecular flexibility index (Phi) is 2.86. The van der Waals surface area contributed by atoms with Crippen LogP contribution < -0.4 is 5.32 Å². The number of hydrogen-bond acceptors (Lipinski definition) is 2. The van der Waals surface area contributed by atoms with Gasteiger partial charge >= 0.3 is 5.97 Å². The van der Waals surface area contributed by atoms with Crippen LogP contribution in [0.5, 0.6) is 0 Å². The van der Waals surface area contributed by atoms with Crippen LogP contribution in [0.2, 0.25) is 0 Å². The fourth-order valence-corrected chi connectivity index (χ4v) is 2.32. The topological polar surface area (TPSA) is 49.3 Å². The lowest BCUT2D eigenvalue weighted by Crippen LogP contribution is -2.30. The molecule has 1 fully saturated rings. The summed E-state index contributed by atoms with van der Waals surface area (Å²) >= 11 is 0. The van der Waals surface area contributed by atoms with Crippen molar-refractivity contribution in [3.63, 3.8) is 0 Å². The Labute approximate surface area is 95.5 Å². The van der Waals surface area contributed by atoms with Crippen molar-refractivity contribution in [2.75, 3.05) is 5.32 Å². The summed E-state index contributed by atoms with van der Waals surface area (Å²) in [7, 11) is 0. The zero-order valence-corrected chi connectivity index (χ0v) is 9.49. The van der Waals surface area contributed by atoms with Crippen molar-refractivity contribution in [3.8, 4) is 0 Å². The van der Waals surface area contributed by atoms with Crippen LogP contribution in [-0.2, 0) is 0 Å². The summed E-state index contributed by atoms with van der Waals surface area (Å²) in [6.07, 6.45) is 4.93. The van der Waals surface area contributed by atoms with Crippen LogP contribution in [0, 0.1) is 0 Å². The summed E-state index contributed by atoms with van der Waals surface area (Å²) in [6, 6.07) is 6.96. The van der Waals surface area contributed by atoms with E-state index in [2.05, 4.69) is 12.2 Å². The Balaban J connectivity index is 2.07. The van der Waals surface area contributed by atoms with Gasteiger partial charge in [-0.3, -0.25) is 0 Å². The fraction of sp³-hybridized carbons (Fsp3) is 0.462. The van der Waals surface area contributed by atoms with Crippen molar-refractivity contribution in [1.29, 1.82) is 0 Å². The van der Waals surface area contributed by atoms with E-state index in [1.165, 1.54) is 25.7 Å². The van der Waals surface area contributed by atoms with Gasteiger partial charge in [-0.05, 0) is 44.0 Å². The average Bonchev–Trinajstić information content (AvgIpc) is 2.65. The summed E-state index contributed by atoms with van der Waals surface area (Å²) in [5, 5.41) is 12.3. The zero-order chi connectivity index (χ0) is 11.6. The van der Waals surface area contributed by atoms with Crippen molar-refractivity contribution in [2.24, 2.45) is 0 Å². The van der Waals surface area contributed by atoms with Gasteiger partial charge in [-0.25, -0.2) is 4.79 Å². The molecule has 1 aliphatic rings. The second kappa shape index (κ2) is 4.16. The van der Waals surface area contributed by atoms with Gasteiger partial charge in [-0.15, -0.1) is 0 Å². The van der Waals surface area contributed by atoms with E-state index in [4.69, 9.17) is 5.11 Å². The maximum atomic E-state index is 10.7. The van der Waals surface area contributed by atoms with Crippen molar-refractivity contribution < 1.29 is 9.90 Å². The maximum absolute atomic E-state index is 10.7. The number of carboxylic acids is 1. The molecule has 0 heterocycles. The van der Waals surface area contributed by atoms with Crippen LogP contribution in [0.3, 0.4) is 0 Å². The molecule has 3 heteroatoms. The first-order valence-corrected chi connectivity index (χ1v) is 5.71. The quantitative estimate of drug-likeness (QED) is 0.821. The molecule has 1 aliphatic carbocycles. The third-order valence-corrected chi connectivity index (χ3v) is 3.29. The number of carboxylic acid groups (broad SMARTS) is 1. The molecule has 0 aliphatic heterocycles. The second-order valence-electron chi connectivity index (χ2n) is 4.78. The van der Waals surface area contributed by atoms with Crippen molar-refractivity contribution in [2.45, 2.75) is 38.1 Å². The van der Waals surface area contributed by atoms with E-state index in [-0.39, 0.29) is 5.54 Å². The number of hydrogen-bond donors (Lipinski definition) is 2. The maximum Gasteiger partial charge on any atom is 0.335 e. The molecule has 0 saturated heterocycles. The molecule has 2 rings (SSSR count). The molecule has 0 spiro atoms. The summed E-state index contributed by atoms with van der Waals surface area (Å²) in [5.74, 6) is -0.876.